The molecule has 0 aliphatic carbocycles. The van der Waals surface area contributed by atoms with Crippen molar-refractivity contribution in [3.05, 3.63) is 97.7 Å². The number of nitrogens with zero attached hydrogens (tertiary/aromatic N) is 4. The Hall–Kier alpha value is -5.57. The third-order valence-corrected chi connectivity index (χ3v) is 9.55. The van der Waals surface area contributed by atoms with Crippen LogP contribution in [0.15, 0.2) is 133 Å². The molecule has 5 aromatic rings. The number of hydrogen-bond donors (Lipinski definition) is 6. The highest BCUT2D eigenvalue weighted by molar-refractivity contribution is 7.86. The van der Waals surface area contributed by atoms with Crippen molar-refractivity contribution in [2.75, 3.05) is 11.1 Å². The average Bonchev–Trinajstić information content (AvgIpc) is 3.02. The quantitative estimate of drug-likeness (QED) is 0.0369. The van der Waals surface area contributed by atoms with Gasteiger partial charge in [-0.2, -0.15) is 30.4 Å². The summed E-state index contributed by atoms with van der Waals surface area (Å²) in [6, 6.07) is 15.6. The van der Waals surface area contributed by atoms with E-state index in [-0.39, 0.29) is 32.9 Å². The number of phenolic OH excluding ortho intramolecular Hbond substituents is 1. The highest BCUT2D eigenvalue weighted by atomic mass is 32.2. The number of allylic oxidation sites excluding steroid dienone is 1. The fraction of sp³-hybridized carbons (Fsp3) is 0. The molecule has 0 fully saturated rings. The van der Waals surface area contributed by atoms with E-state index in [2.05, 4.69) is 38.9 Å². The van der Waals surface area contributed by atoms with Gasteiger partial charge in [-0.05, 0) is 78.2 Å². The Morgan fingerprint density at radius 2 is 1.29 bits per heavy atom. The summed E-state index contributed by atoms with van der Waals surface area (Å²) in [5.41, 5.74) is 6.35. The van der Waals surface area contributed by atoms with E-state index in [1.165, 1.54) is 18.2 Å². The molecule has 0 spiro atoms. The molecular formula is C30H24N6O10S3. The molecule has 16 nitrogen and oxygen atoms in total. The lowest BCUT2D eigenvalue weighted by Crippen LogP contribution is -2.04. The van der Waals surface area contributed by atoms with Crippen molar-refractivity contribution in [3.8, 4) is 5.75 Å². The molecule has 0 aliphatic rings. The molecule has 0 saturated heterocycles. The second kappa shape index (κ2) is 12.8. The van der Waals surface area contributed by atoms with E-state index in [1.54, 1.807) is 30.3 Å². The average molecular weight is 725 g/mol. The molecule has 49 heavy (non-hydrogen) atoms. The lowest BCUT2D eigenvalue weighted by molar-refractivity contribution is 0.472. The van der Waals surface area contributed by atoms with Crippen molar-refractivity contribution in [2.24, 2.45) is 20.5 Å². The van der Waals surface area contributed by atoms with Crippen molar-refractivity contribution in [1.82, 2.24) is 0 Å². The predicted molar refractivity (Wildman–Crippen MR) is 181 cm³/mol. The molecule has 0 aromatic heterocycles. The zero-order valence-electron chi connectivity index (χ0n) is 24.7. The second-order valence-corrected chi connectivity index (χ2v) is 14.4. The van der Waals surface area contributed by atoms with Gasteiger partial charge in [0, 0.05) is 27.5 Å². The molecule has 0 saturated carbocycles. The first-order valence-electron chi connectivity index (χ1n) is 13.5. The van der Waals surface area contributed by atoms with Crippen LogP contribution in [0.2, 0.25) is 0 Å². The van der Waals surface area contributed by atoms with Gasteiger partial charge in [0.25, 0.3) is 30.4 Å². The number of anilines is 2. The van der Waals surface area contributed by atoms with Crippen LogP contribution in [-0.4, -0.2) is 44.0 Å². The highest BCUT2D eigenvalue weighted by Crippen LogP contribution is 2.44. The minimum absolute atomic E-state index is 0.0496. The maximum absolute atomic E-state index is 12.3. The van der Waals surface area contributed by atoms with E-state index in [1.807, 2.05) is 0 Å². The second-order valence-electron chi connectivity index (χ2n) is 10.2. The Labute approximate surface area is 278 Å². The molecular weight excluding hydrogens is 701 g/mol. The fourth-order valence-corrected chi connectivity index (χ4v) is 6.40. The number of aromatic hydroxyl groups is 1. The summed E-state index contributed by atoms with van der Waals surface area (Å²) in [7, 11) is -14.7. The number of benzene rings is 5. The van der Waals surface area contributed by atoms with Crippen LogP contribution >= 0.6 is 0 Å². The molecule has 0 bridgehead atoms. The number of phenols is 1. The Balaban J connectivity index is 1.64. The molecule has 0 amide bonds. The molecule has 5 aromatic carbocycles. The van der Waals surface area contributed by atoms with Crippen LogP contribution in [0.4, 0.5) is 34.1 Å². The summed E-state index contributed by atoms with van der Waals surface area (Å²) in [4.78, 5) is -2.29. The first-order chi connectivity index (χ1) is 22.9. The van der Waals surface area contributed by atoms with Gasteiger partial charge in [-0.1, -0.05) is 19.2 Å². The normalized spacial score (nSPS) is 12.6. The number of fused-ring (bicyclic) bond motifs is 2. The fourth-order valence-electron chi connectivity index (χ4n) is 4.60. The maximum atomic E-state index is 12.3. The number of nitrogens with two attached hydrogens (primary N) is 1. The summed E-state index contributed by atoms with van der Waals surface area (Å²) in [6.45, 7) is 7.41. The van der Waals surface area contributed by atoms with E-state index >= 15 is 0 Å². The van der Waals surface area contributed by atoms with Gasteiger partial charge in [0.15, 0.2) is 5.75 Å². The molecule has 0 aliphatic heterocycles. The zero-order valence-corrected chi connectivity index (χ0v) is 27.2. The zero-order chi connectivity index (χ0) is 35.9. The van der Waals surface area contributed by atoms with E-state index in [9.17, 15) is 44.0 Å². The van der Waals surface area contributed by atoms with E-state index < -0.39 is 62.2 Å². The monoisotopic (exact) mass is 724 g/mol. The topological polar surface area (TPSA) is 271 Å². The van der Waals surface area contributed by atoms with Gasteiger partial charge < -0.3 is 16.2 Å². The van der Waals surface area contributed by atoms with Crippen LogP contribution < -0.4 is 11.1 Å². The van der Waals surface area contributed by atoms with Crippen LogP contribution in [0.25, 0.3) is 21.5 Å². The van der Waals surface area contributed by atoms with E-state index in [4.69, 9.17) is 5.73 Å². The van der Waals surface area contributed by atoms with Gasteiger partial charge in [-0.25, -0.2) is 0 Å². The molecule has 5 rings (SSSR count). The summed E-state index contributed by atoms with van der Waals surface area (Å²) >= 11 is 0. The molecule has 0 atom stereocenters. The lowest BCUT2D eigenvalue weighted by atomic mass is 10.1. The molecule has 19 heteroatoms. The summed E-state index contributed by atoms with van der Waals surface area (Å²) in [5, 5.41) is 30.2. The third kappa shape index (κ3) is 7.46. The Morgan fingerprint density at radius 3 is 1.88 bits per heavy atom. The smallest absolute Gasteiger partial charge is 0.296 e. The number of hydrogen-bond acceptors (Lipinski definition) is 13. The van der Waals surface area contributed by atoms with Crippen molar-refractivity contribution in [3.63, 3.8) is 0 Å². The van der Waals surface area contributed by atoms with Crippen LogP contribution in [0, 0.1) is 0 Å². The number of nitrogens with one attached hydrogen (secondary N) is 1. The van der Waals surface area contributed by atoms with E-state index in [0.29, 0.717) is 11.4 Å². The Bertz CT molecular complexity index is 2610. The van der Waals surface area contributed by atoms with Crippen molar-refractivity contribution < 1.29 is 44.0 Å². The van der Waals surface area contributed by atoms with Crippen molar-refractivity contribution in [2.45, 2.75) is 14.7 Å². The first-order valence-corrected chi connectivity index (χ1v) is 17.8. The summed E-state index contributed by atoms with van der Waals surface area (Å²) in [6.07, 6.45) is 1.55. The van der Waals surface area contributed by atoms with Gasteiger partial charge in [0.2, 0.25) is 0 Å². The van der Waals surface area contributed by atoms with Gasteiger partial charge in [-0.15, -0.1) is 15.3 Å². The maximum Gasteiger partial charge on any atom is 0.296 e. The predicted octanol–water partition coefficient (Wildman–Crippen LogP) is 6.96. The SMILES string of the molecule is C=CC(=C)Nc1ccc(N=Nc2ccc(N=Nc3c(S(=O)(=O)O)cc4cc(S(=O)(=O)O)c(N)cc4c3O)c3cc(S(=O)(=O)O)ccc23)cc1. The summed E-state index contributed by atoms with van der Waals surface area (Å²) < 4.78 is 101. The summed E-state index contributed by atoms with van der Waals surface area (Å²) in [5.74, 6) is -0.883. The number of nitrogen functional groups attached to an aromatic ring is 1. The van der Waals surface area contributed by atoms with E-state index in [0.717, 1.165) is 36.0 Å². The Kier molecular flexibility index (Phi) is 9.08. The largest absolute Gasteiger partial charge is 0.505 e. The van der Waals surface area contributed by atoms with Crippen molar-refractivity contribution in [1.29, 1.82) is 0 Å². The van der Waals surface area contributed by atoms with Crippen LogP contribution in [-0.2, 0) is 30.4 Å². The molecule has 7 N–H and O–H groups in total. The minimum atomic E-state index is -5.14. The first kappa shape index (κ1) is 34.8. The Morgan fingerprint density at radius 1 is 0.694 bits per heavy atom. The molecule has 0 radical (unpaired) electrons. The third-order valence-electron chi connectivity index (χ3n) is 6.93. The number of azo groups is 2. The molecule has 0 unspecified atom stereocenters. The minimum Gasteiger partial charge on any atom is -0.505 e. The van der Waals surface area contributed by atoms with Gasteiger partial charge in [0.05, 0.1) is 27.6 Å². The van der Waals surface area contributed by atoms with Crippen LogP contribution in [0.3, 0.4) is 0 Å². The highest BCUT2D eigenvalue weighted by Gasteiger charge is 2.25. The molecule has 0 heterocycles. The van der Waals surface area contributed by atoms with Gasteiger partial charge in [0.1, 0.15) is 15.5 Å². The van der Waals surface area contributed by atoms with Crippen LogP contribution in [0.1, 0.15) is 0 Å². The standard InChI is InChI=1S/C30H24N6O10S3/c1-3-16(2)32-18-4-6-19(7-5-18)33-34-25-10-11-26(23-14-20(47(38,39)40)8-9-21(23)25)35-36-29-28(49(44,45)46)13-17-12-27(48(41,42)43)24(31)15-22(17)30(29)37/h3-15,32,37H,1-2,31H2,(H,38,39,40)(H,41,42,43)(H,44,45,46). The van der Waals surface area contributed by atoms with Gasteiger partial charge in [-0.3, -0.25) is 13.7 Å². The number of rotatable bonds is 10. The van der Waals surface area contributed by atoms with Crippen molar-refractivity contribution >= 4 is 86.0 Å². The lowest BCUT2D eigenvalue weighted by Gasteiger charge is -2.11. The molecule has 252 valence electrons. The van der Waals surface area contributed by atoms with Crippen LogP contribution in [0.5, 0.6) is 5.75 Å². The van der Waals surface area contributed by atoms with Gasteiger partial charge >= 0.3 is 0 Å².